The summed E-state index contributed by atoms with van der Waals surface area (Å²) in [7, 11) is 0. The number of nitrogens with one attached hydrogen (secondary N) is 1. The second-order valence-corrected chi connectivity index (χ2v) is 7.21. The Morgan fingerprint density at radius 3 is 3.00 bits per heavy atom. The third-order valence-electron chi connectivity index (χ3n) is 4.70. The van der Waals surface area contributed by atoms with Crippen molar-refractivity contribution in [2.75, 3.05) is 6.61 Å². The van der Waals surface area contributed by atoms with Crippen LogP contribution in [-0.4, -0.2) is 49.0 Å². The van der Waals surface area contributed by atoms with E-state index in [0.29, 0.717) is 17.9 Å². The lowest BCUT2D eigenvalue weighted by atomic mass is 10.0. The monoisotopic (exact) mass is 343 g/mol. The van der Waals surface area contributed by atoms with Gasteiger partial charge in [0.2, 0.25) is 0 Å². The number of rotatable bonds is 4. The van der Waals surface area contributed by atoms with E-state index in [1.807, 2.05) is 0 Å². The summed E-state index contributed by atoms with van der Waals surface area (Å²) < 4.78 is 7.70. The number of aliphatic hydroxyl groups excluding tert-OH is 1. The number of hydrogen-bond acceptors (Lipinski definition) is 6. The van der Waals surface area contributed by atoms with Gasteiger partial charge in [0.05, 0.1) is 30.1 Å². The zero-order chi connectivity index (χ0) is 17.6. The van der Waals surface area contributed by atoms with Crippen molar-refractivity contribution in [3.63, 3.8) is 0 Å². The van der Waals surface area contributed by atoms with Gasteiger partial charge < -0.3 is 15.2 Å². The van der Waals surface area contributed by atoms with E-state index in [9.17, 15) is 9.90 Å². The predicted molar refractivity (Wildman–Crippen MR) is 88.3 cm³/mol. The fraction of sp³-hybridized carbons (Fsp3) is 0.529. The maximum absolute atomic E-state index is 12.8. The maximum Gasteiger partial charge on any atom is 0.272 e. The van der Waals surface area contributed by atoms with Gasteiger partial charge in [0.1, 0.15) is 6.10 Å². The van der Waals surface area contributed by atoms with Crippen LogP contribution in [0, 0.1) is 0 Å². The third kappa shape index (κ3) is 2.81. The van der Waals surface area contributed by atoms with Crippen LogP contribution in [0.1, 0.15) is 54.5 Å². The summed E-state index contributed by atoms with van der Waals surface area (Å²) >= 11 is 0. The first-order chi connectivity index (χ1) is 12.0. The lowest BCUT2D eigenvalue weighted by Gasteiger charge is -2.24. The molecule has 4 rings (SSSR count). The van der Waals surface area contributed by atoms with Crippen molar-refractivity contribution in [3.8, 4) is 5.82 Å². The first kappa shape index (κ1) is 16.2. The number of hydrogen-bond donors (Lipinski definition) is 2. The Morgan fingerprint density at radius 1 is 1.44 bits per heavy atom. The lowest BCUT2D eigenvalue weighted by Crippen LogP contribution is -2.46. The lowest BCUT2D eigenvalue weighted by molar-refractivity contribution is 0.0284. The van der Waals surface area contributed by atoms with Gasteiger partial charge in [-0.3, -0.25) is 9.78 Å². The molecule has 2 unspecified atom stereocenters. The summed E-state index contributed by atoms with van der Waals surface area (Å²) in [6.45, 7) is 3.38. The Hall–Kier alpha value is -2.32. The van der Waals surface area contributed by atoms with E-state index >= 15 is 0 Å². The SMILES string of the molecule is CC(C)(CO)NC(=O)c1nn(-c2cnccn2)c2c1CC1CCC2O1. The van der Waals surface area contributed by atoms with Gasteiger partial charge in [-0.1, -0.05) is 0 Å². The number of nitrogens with zero attached hydrogens (tertiary/aromatic N) is 4. The van der Waals surface area contributed by atoms with Crippen molar-refractivity contribution in [2.24, 2.45) is 0 Å². The Bertz CT molecular complexity index is 802. The van der Waals surface area contributed by atoms with Crippen molar-refractivity contribution in [2.45, 2.75) is 50.9 Å². The van der Waals surface area contributed by atoms with E-state index in [1.165, 1.54) is 0 Å². The van der Waals surface area contributed by atoms with Crippen molar-refractivity contribution in [3.05, 3.63) is 35.5 Å². The zero-order valence-electron chi connectivity index (χ0n) is 14.3. The number of carbonyl (C=O) groups excluding carboxylic acids is 1. The molecule has 2 aliphatic heterocycles. The highest BCUT2D eigenvalue weighted by Crippen LogP contribution is 2.42. The van der Waals surface area contributed by atoms with E-state index < -0.39 is 5.54 Å². The number of fused-ring (bicyclic) bond motifs is 4. The van der Waals surface area contributed by atoms with Crippen LogP contribution in [0.5, 0.6) is 0 Å². The molecule has 2 aromatic rings. The molecular weight excluding hydrogens is 322 g/mol. The highest BCUT2D eigenvalue weighted by molar-refractivity contribution is 5.94. The Morgan fingerprint density at radius 2 is 2.28 bits per heavy atom. The Kier molecular flexibility index (Phi) is 3.81. The van der Waals surface area contributed by atoms with Gasteiger partial charge >= 0.3 is 0 Å². The third-order valence-corrected chi connectivity index (χ3v) is 4.70. The minimum Gasteiger partial charge on any atom is -0.394 e. The molecule has 132 valence electrons. The summed E-state index contributed by atoms with van der Waals surface area (Å²) in [4.78, 5) is 21.2. The van der Waals surface area contributed by atoms with Crippen molar-refractivity contribution >= 4 is 5.91 Å². The first-order valence-corrected chi connectivity index (χ1v) is 8.45. The molecule has 8 nitrogen and oxygen atoms in total. The van der Waals surface area contributed by atoms with Gasteiger partial charge in [0.25, 0.3) is 5.91 Å². The molecule has 25 heavy (non-hydrogen) atoms. The molecule has 1 saturated heterocycles. The molecule has 0 aromatic carbocycles. The average Bonchev–Trinajstić information content (AvgIpc) is 3.18. The number of ether oxygens (including phenoxy) is 1. The fourth-order valence-corrected chi connectivity index (χ4v) is 3.44. The van der Waals surface area contributed by atoms with Crippen LogP contribution >= 0.6 is 0 Å². The molecule has 2 aromatic heterocycles. The molecule has 0 radical (unpaired) electrons. The van der Waals surface area contributed by atoms with Crippen LogP contribution in [0.25, 0.3) is 5.82 Å². The molecule has 4 heterocycles. The van der Waals surface area contributed by atoms with E-state index in [1.54, 1.807) is 37.1 Å². The fourth-order valence-electron chi connectivity index (χ4n) is 3.44. The van der Waals surface area contributed by atoms with Gasteiger partial charge in [-0.2, -0.15) is 5.10 Å². The van der Waals surface area contributed by atoms with E-state index in [2.05, 4.69) is 20.4 Å². The standard InChI is InChI=1S/C17H21N5O3/c1-17(2,9-23)20-16(24)14-11-7-10-3-4-12(25-10)15(11)22(21-14)13-8-18-5-6-19-13/h5-6,8,10,12,23H,3-4,7,9H2,1-2H3,(H,20,24). The van der Waals surface area contributed by atoms with Crippen molar-refractivity contribution < 1.29 is 14.6 Å². The molecule has 2 N–H and O–H groups in total. The number of aliphatic hydroxyl groups is 1. The number of carbonyl (C=O) groups is 1. The Balaban J connectivity index is 1.80. The summed E-state index contributed by atoms with van der Waals surface area (Å²) in [5, 5.41) is 16.8. The van der Waals surface area contributed by atoms with Gasteiger partial charge in [0, 0.05) is 24.4 Å². The topological polar surface area (TPSA) is 102 Å². The van der Waals surface area contributed by atoms with Crippen LogP contribution < -0.4 is 5.32 Å². The summed E-state index contributed by atoms with van der Waals surface area (Å²) in [5.74, 6) is 0.271. The quantitative estimate of drug-likeness (QED) is 0.856. The molecule has 0 spiro atoms. The summed E-state index contributed by atoms with van der Waals surface area (Å²) in [6, 6.07) is 0. The highest BCUT2D eigenvalue weighted by atomic mass is 16.5. The van der Waals surface area contributed by atoms with Crippen LogP contribution in [0.4, 0.5) is 0 Å². The molecule has 2 bridgehead atoms. The van der Waals surface area contributed by atoms with Crippen molar-refractivity contribution in [1.82, 2.24) is 25.1 Å². The van der Waals surface area contributed by atoms with Gasteiger partial charge in [-0.05, 0) is 26.7 Å². The first-order valence-electron chi connectivity index (χ1n) is 8.45. The molecule has 1 amide bonds. The molecule has 2 aliphatic rings. The molecular formula is C17H21N5O3. The minimum absolute atomic E-state index is 0.0735. The minimum atomic E-state index is -0.718. The molecule has 8 heteroatoms. The summed E-state index contributed by atoms with van der Waals surface area (Å²) in [6.07, 6.45) is 7.42. The summed E-state index contributed by atoms with van der Waals surface area (Å²) in [5.41, 5.74) is 1.46. The largest absolute Gasteiger partial charge is 0.394 e. The Labute approximate surface area is 145 Å². The second kappa shape index (κ2) is 5.89. The second-order valence-electron chi connectivity index (χ2n) is 7.21. The van der Waals surface area contributed by atoms with Gasteiger partial charge in [-0.15, -0.1) is 0 Å². The van der Waals surface area contributed by atoms with Crippen LogP contribution in [-0.2, 0) is 11.2 Å². The molecule has 0 saturated carbocycles. The van der Waals surface area contributed by atoms with Crippen LogP contribution in [0.2, 0.25) is 0 Å². The number of aromatic nitrogens is 4. The zero-order valence-corrected chi connectivity index (χ0v) is 14.3. The van der Waals surface area contributed by atoms with Crippen LogP contribution in [0.15, 0.2) is 18.6 Å². The van der Waals surface area contributed by atoms with Crippen molar-refractivity contribution in [1.29, 1.82) is 0 Å². The maximum atomic E-state index is 12.8. The highest BCUT2D eigenvalue weighted by Gasteiger charge is 2.41. The van der Waals surface area contributed by atoms with E-state index in [-0.39, 0.29) is 24.7 Å². The van der Waals surface area contributed by atoms with E-state index in [4.69, 9.17) is 4.74 Å². The molecule has 2 atom stereocenters. The van der Waals surface area contributed by atoms with Gasteiger partial charge in [-0.25, -0.2) is 9.67 Å². The number of amides is 1. The smallest absolute Gasteiger partial charge is 0.272 e. The van der Waals surface area contributed by atoms with Crippen LogP contribution in [0.3, 0.4) is 0 Å². The van der Waals surface area contributed by atoms with E-state index in [0.717, 1.165) is 24.1 Å². The van der Waals surface area contributed by atoms with Gasteiger partial charge in [0.15, 0.2) is 11.5 Å². The normalized spacial score (nSPS) is 21.9. The molecule has 0 aliphatic carbocycles. The average molecular weight is 343 g/mol. The molecule has 1 fully saturated rings. The predicted octanol–water partition coefficient (Wildman–Crippen LogP) is 0.939.